The summed E-state index contributed by atoms with van der Waals surface area (Å²) in [6.07, 6.45) is -2.26. The van der Waals surface area contributed by atoms with E-state index in [1.165, 1.54) is 18.3 Å². The summed E-state index contributed by atoms with van der Waals surface area (Å²) in [5.41, 5.74) is 7.05. The first-order chi connectivity index (χ1) is 16.7. The van der Waals surface area contributed by atoms with E-state index in [1.807, 2.05) is 6.07 Å². The molecule has 5 aromatic rings. The standard InChI is InChI=1S/C26H16F4N4O/c27-21-5-4-18(11-20(21)26(28,29)30)34-24(35)8-3-16-13-33-23-7-2-15(10-19(23)25(16)34)14-1-6-22(32)17(9-14)12-31/h1-13,31H,32H2. The predicted molar refractivity (Wildman–Crippen MR) is 128 cm³/mol. The summed E-state index contributed by atoms with van der Waals surface area (Å²) in [6.45, 7) is 0. The topological polar surface area (TPSA) is 84.8 Å². The Hall–Kier alpha value is -4.53. The molecule has 2 aromatic heterocycles. The minimum Gasteiger partial charge on any atom is -0.398 e. The molecular weight excluding hydrogens is 460 g/mol. The van der Waals surface area contributed by atoms with Crippen molar-refractivity contribution in [3.8, 4) is 16.8 Å². The molecule has 0 radical (unpaired) electrons. The van der Waals surface area contributed by atoms with Crippen molar-refractivity contribution >= 4 is 33.7 Å². The first-order valence-corrected chi connectivity index (χ1v) is 10.4. The molecule has 0 saturated carbocycles. The number of hydrogen-bond acceptors (Lipinski definition) is 4. The van der Waals surface area contributed by atoms with Gasteiger partial charge in [0, 0.05) is 40.5 Å². The molecule has 3 N–H and O–H groups in total. The van der Waals surface area contributed by atoms with E-state index in [9.17, 15) is 22.4 Å². The van der Waals surface area contributed by atoms with Gasteiger partial charge in [-0.25, -0.2) is 4.39 Å². The normalized spacial score (nSPS) is 11.8. The van der Waals surface area contributed by atoms with Gasteiger partial charge < -0.3 is 11.1 Å². The van der Waals surface area contributed by atoms with Gasteiger partial charge in [0.1, 0.15) is 5.82 Å². The van der Waals surface area contributed by atoms with Crippen LogP contribution < -0.4 is 11.3 Å². The molecule has 174 valence electrons. The second kappa shape index (κ2) is 8.05. The number of aromatic nitrogens is 2. The smallest absolute Gasteiger partial charge is 0.398 e. The number of fused-ring (bicyclic) bond motifs is 3. The monoisotopic (exact) mass is 476 g/mol. The molecule has 0 atom stereocenters. The number of benzene rings is 3. The van der Waals surface area contributed by atoms with Gasteiger partial charge in [0.05, 0.1) is 22.3 Å². The number of halogens is 4. The first kappa shape index (κ1) is 22.3. The Bertz CT molecular complexity index is 1710. The Morgan fingerprint density at radius 1 is 0.943 bits per heavy atom. The molecule has 9 heteroatoms. The van der Waals surface area contributed by atoms with E-state index in [2.05, 4.69) is 4.98 Å². The lowest BCUT2D eigenvalue weighted by molar-refractivity contribution is -0.140. The summed E-state index contributed by atoms with van der Waals surface area (Å²) in [5, 5.41) is 8.58. The first-order valence-electron chi connectivity index (χ1n) is 10.4. The minimum absolute atomic E-state index is 0.120. The second-order valence-corrected chi connectivity index (χ2v) is 7.95. The molecule has 35 heavy (non-hydrogen) atoms. The van der Waals surface area contributed by atoms with Gasteiger partial charge in [-0.05, 0) is 59.7 Å². The van der Waals surface area contributed by atoms with E-state index in [1.54, 1.807) is 30.3 Å². The fourth-order valence-corrected chi connectivity index (χ4v) is 4.10. The van der Waals surface area contributed by atoms with Crippen molar-refractivity contribution in [1.29, 1.82) is 5.41 Å². The van der Waals surface area contributed by atoms with Crippen LogP contribution in [0.15, 0.2) is 77.7 Å². The van der Waals surface area contributed by atoms with Crippen molar-refractivity contribution in [3.05, 3.63) is 100 Å². The zero-order valence-electron chi connectivity index (χ0n) is 17.9. The van der Waals surface area contributed by atoms with Crippen LogP contribution in [0.3, 0.4) is 0 Å². The minimum atomic E-state index is -4.92. The number of rotatable bonds is 3. The van der Waals surface area contributed by atoms with Gasteiger partial charge in [0.2, 0.25) is 0 Å². The molecule has 0 amide bonds. The van der Waals surface area contributed by atoms with Gasteiger partial charge in [0.15, 0.2) is 0 Å². The van der Waals surface area contributed by atoms with E-state index < -0.39 is 23.1 Å². The summed E-state index contributed by atoms with van der Waals surface area (Å²) in [4.78, 5) is 17.3. The average Bonchev–Trinajstić information content (AvgIpc) is 2.83. The highest BCUT2D eigenvalue weighted by Crippen LogP contribution is 2.34. The highest BCUT2D eigenvalue weighted by molar-refractivity contribution is 6.05. The van der Waals surface area contributed by atoms with Crippen LogP contribution in [0.5, 0.6) is 0 Å². The van der Waals surface area contributed by atoms with Gasteiger partial charge in [-0.15, -0.1) is 0 Å². The summed E-state index contributed by atoms with van der Waals surface area (Å²) in [7, 11) is 0. The van der Waals surface area contributed by atoms with Crippen LogP contribution in [0.4, 0.5) is 23.2 Å². The largest absolute Gasteiger partial charge is 0.419 e. The Balaban J connectivity index is 1.84. The highest BCUT2D eigenvalue weighted by Gasteiger charge is 2.34. The number of pyridine rings is 2. The van der Waals surface area contributed by atoms with Crippen molar-refractivity contribution in [2.24, 2.45) is 0 Å². The zero-order chi connectivity index (χ0) is 24.9. The summed E-state index contributed by atoms with van der Waals surface area (Å²) in [6, 6.07) is 15.7. The summed E-state index contributed by atoms with van der Waals surface area (Å²) >= 11 is 0. The molecule has 0 fully saturated rings. The number of hydrogen-bond donors (Lipinski definition) is 2. The lowest BCUT2D eigenvalue weighted by atomic mass is 9.99. The summed E-state index contributed by atoms with van der Waals surface area (Å²) < 4.78 is 55.2. The molecule has 2 heterocycles. The van der Waals surface area contributed by atoms with E-state index in [-0.39, 0.29) is 5.69 Å². The molecule has 0 spiro atoms. The van der Waals surface area contributed by atoms with Crippen molar-refractivity contribution in [2.75, 3.05) is 5.73 Å². The van der Waals surface area contributed by atoms with Crippen molar-refractivity contribution in [2.45, 2.75) is 6.18 Å². The second-order valence-electron chi connectivity index (χ2n) is 7.95. The SMILES string of the molecule is N=Cc1cc(-c2ccc3ncc4ccc(=O)n(-c5ccc(F)c(C(F)(F)F)c5)c4c3c2)ccc1N. The Morgan fingerprint density at radius 2 is 1.69 bits per heavy atom. The zero-order valence-corrected chi connectivity index (χ0v) is 17.9. The third kappa shape index (κ3) is 3.80. The van der Waals surface area contributed by atoms with E-state index in [4.69, 9.17) is 11.1 Å². The quantitative estimate of drug-likeness (QED) is 0.146. The number of alkyl halides is 3. The molecular formula is C26H16F4N4O. The van der Waals surface area contributed by atoms with E-state index >= 15 is 0 Å². The number of nitrogens with two attached hydrogens (primary N) is 1. The van der Waals surface area contributed by atoms with Crippen LogP contribution >= 0.6 is 0 Å². The van der Waals surface area contributed by atoms with Crippen molar-refractivity contribution < 1.29 is 17.6 Å². The molecule has 0 aliphatic rings. The molecule has 0 aliphatic heterocycles. The molecule has 5 rings (SSSR count). The van der Waals surface area contributed by atoms with Crippen LogP contribution in [0, 0.1) is 11.2 Å². The Labute approximate surface area is 195 Å². The van der Waals surface area contributed by atoms with E-state index in [0.29, 0.717) is 45.2 Å². The lowest BCUT2D eigenvalue weighted by Crippen LogP contribution is -2.19. The summed E-state index contributed by atoms with van der Waals surface area (Å²) in [5.74, 6) is -1.42. The molecule has 0 bridgehead atoms. The highest BCUT2D eigenvalue weighted by atomic mass is 19.4. The maximum absolute atomic E-state index is 13.9. The Morgan fingerprint density at radius 3 is 2.43 bits per heavy atom. The number of nitrogens with zero attached hydrogens (tertiary/aromatic N) is 2. The fraction of sp³-hybridized carbons (Fsp3) is 0.0385. The fourth-order valence-electron chi connectivity index (χ4n) is 4.10. The maximum atomic E-state index is 13.9. The van der Waals surface area contributed by atoms with Crippen LogP contribution in [0.2, 0.25) is 0 Å². The predicted octanol–water partition coefficient (Wildman–Crippen LogP) is 5.94. The third-order valence-corrected chi connectivity index (χ3v) is 5.81. The van der Waals surface area contributed by atoms with E-state index in [0.717, 1.165) is 28.0 Å². The molecule has 5 nitrogen and oxygen atoms in total. The van der Waals surface area contributed by atoms with Gasteiger partial charge in [-0.2, -0.15) is 13.2 Å². The molecule has 3 aromatic carbocycles. The molecule has 0 aliphatic carbocycles. The number of nitrogen functional groups attached to an aromatic ring is 1. The van der Waals surface area contributed by atoms with Crippen LogP contribution in [-0.2, 0) is 6.18 Å². The van der Waals surface area contributed by atoms with Crippen LogP contribution in [-0.4, -0.2) is 15.8 Å². The van der Waals surface area contributed by atoms with Crippen LogP contribution in [0.1, 0.15) is 11.1 Å². The molecule has 0 saturated heterocycles. The van der Waals surface area contributed by atoms with Gasteiger partial charge in [-0.3, -0.25) is 14.3 Å². The number of anilines is 1. The van der Waals surface area contributed by atoms with Gasteiger partial charge in [0.25, 0.3) is 5.56 Å². The third-order valence-electron chi connectivity index (χ3n) is 5.81. The lowest BCUT2D eigenvalue weighted by Gasteiger charge is -2.15. The molecule has 0 unspecified atom stereocenters. The van der Waals surface area contributed by atoms with Crippen molar-refractivity contribution in [1.82, 2.24) is 9.55 Å². The van der Waals surface area contributed by atoms with Crippen LogP contribution in [0.25, 0.3) is 38.6 Å². The van der Waals surface area contributed by atoms with Crippen molar-refractivity contribution in [3.63, 3.8) is 0 Å². The number of nitrogens with one attached hydrogen (secondary N) is 1. The maximum Gasteiger partial charge on any atom is 0.419 e. The Kier molecular flexibility index (Phi) is 5.12. The average molecular weight is 476 g/mol. The van der Waals surface area contributed by atoms with Gasteiger partial charge >= 0.3 is 6.18 Å². The van der Waals surface area contributed by atoms with Gasteiger partial charge in [-0.1, -0.05) is 12.1 Å².